The molecule has 0 unspecified atom stereocenters. The highest BCUT2D eigenvalue weighted by Crippen LogP contribution is 2.33. The minimum atomic E-state index is -0.151. The van der Waals surface area contributed by atoms with Crippen molar-refractivity contribution < 1.29 is 14.3 Å². The van der Waals surface area contributed by atoms with Crippen LogP contribution in [0.15, 0.2) is 42.5 Å². The number of halogens is 1. The summed E-state index contributed by atoms with van der Waals surface area (Å²) in [6.07, 6.45) is 3.72. The van der Waals surface area contributed by atoms with Crippen LogP contribution in [0.2, 0.25) is 5.02 Å². The molecule has 0 radical (unpaired) electrons. The Labute approximate surface area is 175 Å². The molecule has 1 saturated heterocycles. The van der Waals surface area contributed by atoms with E-state index in [4.69, 9.17) is 16.3 Å². The van der Waals surface area contributed by atoms with Crippen LogP contribution in [0, 0.1) is 0 Å². The van der Waals surface area contributed by atoms with Gasteiger partial charge in [0.05, 0.1) is 17.1 Å². The number of ether oxygens (including phenoxy) is 1. The third kappa shape index (κ3) is 4.48. The molecular formula is C22H24ClN3O3. The van der Waals surface area contributed by atoms with Gasteiger partial charge in [-0.2, -0.15) is 0 Å². The van der Waals surface area contributed by atoms with Crippen LogP contribution >= 0.6 is 11.6 Å². The van der Waals surface area contributed by atoms with E-state index in [0.29, 0.717) is 23.0 Å². The van der Waals surface area contributed by atoms with Crippen LogP contribution < -0.4 is 19.9 Å². The van der Waals surface area contributed by atoms with Gasteiger partial charge in [-0.3, -0.25) is 9.59 Å². The normalized spacial score (nSPS) is 16.2. The molecule has 2 amide bonds. The van der Waals surface area contributed by atoms with Gasteiger partial charge < -0.3 is 19.9 Å². The fourth-order valence-electron chi connectivity index (χ4n) is 3.84. The van der Waals surface area contributed by atoms with Crippen molar-refractivity contribution >= 4 is 40.5 Å². The zero-order chi connectivity index (χ0) is 20.2. The molecule has 0 saturated carbocycles. The van der Waals surface area contributed by atoms with Gasteiger partial charge in [0.25, 0.3) is 5.91 Å². The third-order valence-corrected chi connectivity index (χ3v) is 5.54. The first kappa shape index (κ1) is 19.6. The third-order valence-electron chi connectivity index (χ3n) is 5.30. The average Bonchev–Trinajstić information content (AvgIpc) is 2.74. The summed E-state index contributed by atoms with van der Waals surface area (Å²) in [6.45, 7) is 2.24. The lowest BCUT2D eigenvalue weighted by atomic mass is 10.1. The molecule has 152 valence electrons. The summed E-state index contributed by atoms with van der Waals surface area (Å²) >= 11 is 6.18. The van der Waals surface area contributed by atoms with Crippen molar-refractivity contribution in [3.63, 3.8) is 0 Å². The van der Waals surface area contributed by atoms with Gasteiger partial charge in [-0.1, -0.05) is 23.7 Å². The largest absolute Gasteiger partial charge is 0.482 e. The summed E-state index contributed by atoms with van der Waals surface area (Å²) in [4.78, 5) is 28.9. The highest BCUT2D eigenvalue weighted by molar-refractivity contribution is 6.31. The number of piperidine rings is 1. The minimum absolute atomic E-state index is 0.00790. The van der Waals surface area contributed by atoms with Crippen LogP contribution in [-0.2, 0) is 9.59 Å². The number of rotatable bonds is 5. The molecule has 1 N–H and O–H groups in total. The number of amides is 2. The summed E-state index contributed by atoms with van der Waals surface area (Å²) in [5, 5.41) is 3.57. The number of benzene rings is 2. The van der Waals surface area contributed by atoms with E-state index in [2.05, 4.69) is 10.2 Å². The number of anilines is 3. The van der Waals surface area contributed by atoms with Crippen LogP contribution in [0.4, 0.5) is 17.1 Å². The molecule has 2 aromatic carbocycles. The van der Waals surface area contributed by atoms with Crippen molar-refractivity contribution in [3.8, 4) is 5.75 Å². The summed E-state index contributed by atoms with van der Waals surface area (Å²) in [5.41, 5.74) is 2.42. The van der Waals surface area contributed by atoms with E-state index >= 15 is 0 Å². The second-order valence-electron chi connectivity index (χ2n) is 7.31. The number of nitrogens with one attached hydrogen (secondary N) is 1. The molecular weight excluding hydrogens is 390 g/mol. The Bertz CT molecular complexity index is 912. The van der Waals surface area contributed by atoms with Crippen molar-refractivity contribution in [2.75, 3.05) is 41.4 Å². The molecule has 0 atom stereocenters. The first-order valence-corrected chi connectivity index (χ1v) is 10.4. The first-order chi connectivity index (χ1) is 14.1. The first-order valence-electron chi connectivity index (χ1n) is 9.98. The number of carbonyl (C=O) groups is 2. The fourth-order valence-corrected chi connectivity index (χ4v) is 4.02. The zero-order valence-corrected chi connectivity index (χ0v) is 17.0. The molecule has 4 rings (SSSR count). The Hall–Kier alpha value is -2.73. The second-order valence-corrected chi connectivity index (χ2v) is 7.75. The van der Waals surface area contributed by atoms with E-state index in [1.165, 1.54) is 6.42 Å². The van der Waals surface area contributed by atoms with E-state index in [1.54, 1.807) is 11.0 Å². The summed E-state index contributed by atoms with van der Waals surface area (Å²) in [7, 11) is 0. The molecule has 6 nitrogen and oxygen atoms in total. The van der Waals surface area contributed by atoms with Crippen LogP contribution in [-0.4, -0.2) is 38.1 Å². The van der Waals surface area contributed by atoms with E-state index < -0.39 is 0 Å². The van der Waals surface area contributed by atoms with Crippen molar-refractivity contribution in [1.82, 2.24) is 0 Å². The monoisotopic (exact) mass is 413 g/mol. The van der Waals surface area contributed by atoms with Gasteiger partial charge in [0, 0.05) is 31.1 Å². The Kier molecular flexibility index (Phi) is 5.90. The molecule has 1 fully saturated rings. The zero-order valence-electron chi connectivity index (χ0n) is 16.2. The quantitative estimate of drug-likeness (QED) is 0.802. The van der Waals surface area contributed by atoms with E-state index in [1.807, 2.05) is 36.4 Å². The van der Waals surface area contributed by atoms with Gasteiger partial charge in [-0.25, -0.2) is 0 Å². The lowest BCUT2D eigenvalue weighted by Gasteiger charge is -2.31. The molecule has 0 aliphatic carbocycles. The maximum Gasteiger partial charge on any atom is 0.265 e. The predicted octanol–water partition coefficient (Wildman–Crippen LogP) is 4.08. The van der Waals surface area contributed by atoms with Gasteiger partial charge in [0.1, 0.15) is 5.75 Å². The Morgan fingerprint density at radius 2 is 1.86 bits per heavy atom. The lowest BCUT2D eigenvalue weighted by molar-refractivity contribution is -0.121. The molecule has 0 spiro atoms. The van der Waals surface area contributed by atoms with Crippen molar-refractivity contribution in [2.24, 2.45) is 0 Å². The van der Waals surface area contributed by atoms with Crippen LogP contribution in [0.5, 0.6) is 5.75 Å². The summed E-state index contributed by atoms with van der Waals surface area (Å²) in [6, 6.07) is 13.0. The second kappa shape index (κ2) is 8.74. The van der Waals surface area contributed by atoms with Gasteiger partial charge in [-0.05, 0) is 49.6 Å². The van der Waals surface area contributed by atoms with E-state index in [-0.39, 0.29) is 24.8 Å². The van der Waals surface area contributed by atoms with Crippen LogP contribution in [0.3, 0.4) is 0 Å². The van der Waals surface area contributed by atoms with Crippen LogP contribution in [0.25, 0.3) is 0 Å². The van der Waals surface area contributed by atoms with E-state index in [9.17, 15) is 9.59 Å². The predicted molar refractivity (Wildman–Crippen MR) is 115 cm³/mol. The van der Waals surface area contributed by atoms with Gasteiger partial charge in [-0.15, -0.1) is 0 Å². The Morgan fingerprint density at radius 1 is 1.07 bits per heavy atom. The minimum Gasteiger partial charge on any atom is -0.482 e. The highest BCUT2D eigenvalue weighted by atomic mass is 35.5. The standard InChI is InChI=1S/C22H24ClN3O3/c23-16-8-9-18(25-11-4-1-5-12-25)17(14-16)24-21(27)10-13-26-19-6-2-3-7-20(19)29-15-22(26)28/h2-3,6-9,14H,1,4-5,10-13,15H2,(H,24,27). The highest BCUT2D eigenvalue weighted by Gasteiger charge is 2.25. The Morgan fingerprint density at radius 3 is 2.69 bits per heavy atom. The topological polar surface area (TPSA) is 61.9 Å². The number of nitrogens with zero attached hydrogens (tertiary/aromatic N) is 2. The average molecular weight is 414 g/mol. The van der Waals surface area contributed by atoms with Gasteiger partial charge >= 0.3 is 0 Å². The van der Waals surface area contributed by atoms with Crippen molar-refractivity contribution in [3.05, 3.63) is 47.5 Å². The fraction of sp³-hybridized carbons (Fsp3) is 0.364. The summed E-state index contributed by atoms with van der Waals surface area (Å²) < 4.78 is 5.45. The van der Waals surface area contributed by atoms with Gasteiger partial charge in [0.2, 0.25) is 5.91 Å². The molecule has 0 aromatic heterocycles. The van der Waals surface area contributed by atoms with Crippen LogP contribution in [0.1, 0.15) is 25.7 Å². The number of hydrogen-bond donors (Lipinski definition) is 1. The molecule has 2 heterocycles. The van der Waals surface area contributed by atoms with E-state index in [0.717, 1.165) is 37.3 Å². The molecule has 2 aliphatic rings. The molecule has 2 aromatic rings. The lowest BCUT2D eigenvalue weighted by Crippen LogP contribution is -2.40. The number of fused-ring (bicyclic) bond motifs is 1. The Balaban J connectivity index is 1.44. The van der Waals surface area contributed by atoms with Gasteiger partial charge in [0.15, 0.2) is 6.61 Å². The molecule has 0 bridgehead atoms. The SMILES string of the molecule is O=C(CCN1C(=O)COc2ccccc21)Nc1cc(Cl)ccc1N1CCCCC1. The number of hydrogen-bond acceptors (Lipinski definition) is 4. The number of para-hydroxylation sites is 2. The summed E-state index contributed by atoms with van der Waals surface area (Å²) in [5.74, 6) is 0.366. The molecule has 2 aliphatic heterocycles. The maximum atomic E-state index is 12.7. The van der Waals surface area contributed by atoms with Crippen molar-refractivity contribution in [2.45, 2.75) is 25.7 Å². The number of carbonyl (C=O) groups excluding carboxylic acids is 2. The smallest absolute Gasteiger partial charge is 0.265 e. The van der Waals surface area contributed by atoms with Crippen molar-refractivity contribution in [1.29, 1.82) is 0 Å². The maximum absolute atomic E-state index is 12.7. The molecule has 29 heavy (non-hydrogen) atoms. The molecule has 7 heteroatoms.